The third-order valence-electron chi connectivity index (χ3n) is 2.45. The van der Waals surface area contributed by atoms with Crippen LogP contribution < -0.4 is 16.4 Å². The highest BCUT2D eigenvalue weighted by Gasteiger charge is 2.28. The van der Waals surface area contributed by atoms with Crippen molar-refractivity contribution in [3.63, 3.8) is 0 Å². The van der Waals surface area contributed by atoms with Crippen molar-refractivity contribution in [2.75, 3.05) is 6.54 Å². The fourth-order valence-corrected chi connectivity index (χ4v) is 1.81. The zero-order valence-electron chi connectivity index (χ0n) is 9.30. The Labute approximate surface area is 89.8 Å². The Balaban J connectivity index is 2.44. The number of nitrogens with one attached hydrogen (secondary N) is 2. The molecule has 0 unspecified atom stereocenters. The maximum Gasteiger partial charge on any atom is 0.237 e. The number of amides is 2. The molecule has 86 valence electrons. The van der Waals surface area contributed by atoms with E-state index in [1.165, 1.54) is 0 Å². The first-order valence-electron chi connectivity index (χ1n) is 5.24. The van der Waals surface area contributed by atoms with Gasteiger partial charge in [0.15, 0.2) is 0 Å². The van der Waals surface area contributed by atoms with Crippen LogP contribution in [0.3, 0.4) is 0 Å². The van der Waals surface area contributed by atoms with Crippen molar-refractivity contribution >= 4 is 11.8 Å². The highest BCUT2D eigenvalue weighted by molar-refractivity contribution is 5.84. The number of nitrogens with two attached hydrogens (primary N) is 1. The first kappa shape index (κ1) is 12.0. The molecule has 5 nitrogen and oxygen atoms in total. The normalized spacial score (nSPS) is 21.3. The number of hydrogen-bond acceptors (Lipinski definition) is 3. The van der Waals surface area contributed by atoms with Crippen molar-refractivity contribution in [3.8, 4) is 0 Å². The summed E-state index contributed by atoms with van der Waals surface area (Å²) in [4.78, 5) is 22.5. The van der Waals surface area contributed by atoms with Crippen LogP contribution >= 0.6 is 0 Å². The molecule has 0 bridgehead atoms. The molecule has 1 rings (SSSR count). The molecule has 1 atom stereocenters. The summed E-state index contributed by atoms with van der Waals surface area (Å²) < 4.78 is 0. The van der Waals surface area contributed by atoms with E-state index < -0.39 is 11.4 Å². The molecule has 15 heavy (non-hydrogen) atoms. The van der Waals surface area contributed by atoms with Crippen molar-refractivity contribution < 1.29 is 9.59 Å². The van der Waals surface area contributed by atoms with Crippen LogP contribution in [-0.4, -0.2) is 29.9 Å². The lowest BCUT2D eigenvalue weighted by Crippen LogP contribution is -2.51. The number of carbonyl (C=O) groups excluding carboxylic acids is 2. The zero-order valence-corrected chi connectivity index (χ0v) is 9.30. The molecule has 2 amide bonds. The summed E-state index contributed by atoms with van der Waals surface area (Å²) in [7, 11) is 0. The molecule has 1 aliphatic heterocycles. The summed E-state index contributed by atoms with van der Waals surface area (Å²) in [6, 6.07) is -0.114. The lowest BCUT2D eigenvalue weighted by atomic mass is 9.99. The zero-order chi connectivity index (χ0) is 11.5. The standard InChI is InChI=1S/C10H19N3O2/c1-10(2,6-8(11)14)13-9(15)7-4-3-5-12-7/h7,12H,3-6H2,1-2H3,(H2,11,14)(H,13,15)/t7-/m0/s1. The van der Waals surface area contributed by atoms with E-state index in [0.29, 0.717) is 0 Å². The van der Waals surface area contributed by atoms with Gasteiger partial charge in [0, 0.05) is 12.0 Å². The second-order valence-corrected chi connectivity index (χ2v) is 4.67. The monoisotopic (exact) mass is 213 g/mol. The van der Waals surface area contributed by atoms with Crippen molar-refractivity contribution in [3.05, 3.63) is 0 Å². The van der Waals surface area contributed by atoms with Gasteiger partial charge in [-0.25, -0.2) is 0 Å². The molecule has 0 saturated carbocycles. The highest BCUT2D eigenvalue weighted by Crippen LogP contribution is 2.11. The SMILES string of the molecule is CC(C)(CC(N)=O)NC(=O)[C@@H]1CCCN1. The van der Waals surface area contributed by atoms with Gasteiger partial charge < -0.3 is 16.4 Å². The fraction of sp³-hybridized carbons (Fsp3) is 0.800. The largest absolute Gasteiger partial charge is 0.370 e. The van der Waals surface area contributed by atoms with Gasteiger partial charge in [-0.3, -0.25) is 9.59 Å². The highest BCUT2D eigenvalue weighted by atomic mass is 16.2. The molecule has 0 aromatic heterocycles. The van der Waals surface area contributed by atoms with E-state index in [1.54, 1.807) is 13.8 Å². The Morgan fingerprint density at radius 2 is 2.20 bits per heavy atom. The van der Waals surface area contributed by atoms with Crippen molar-refractivity contribution in [1.29, 1.82) is 0 Å². The molecule has 1 aliphatic rings. The van der Waals surface area contributed by atoms with Gasteiger partial charge in [-0.05, 0) is 33.2 Å². The lowest BCUT2D eigenvalue weighted by Gasteiger charge is -2.26. The number of rotatable bonds is 4. The van der Waals surface area contributed by atoms with Crippen LogP contribution in [0.4, 0.5) is 0 Å². The topological polar surface area (TPSA) is 84.2 Å². The minimum atomic E-state index is -0.562. The van der Waals surface area contributed by atoms with Gasteiger partial charge in [0.2, 0.25) is 11.8 Å². The number of hydrogen-bond donors (Lipinski definition) is 3. The van der Waals surface area contributed by atoms with Crippen LogP contribution in [0.15, 0.2) is 0 Å². The summed E-state index contributed by atoms with van der Waals surface area (Å²) in [5.74, 6) is -0.446. The Bertz CT molecular complexity index is 257. The molecule has 5 heteroatoms. The van der Waals surface area contributed by atoms with Gasteiger partial charge in [0.1, 0.15) is 0 Å². The van der Waals surface area contributed by atoms with Gasteiger partial charge in [-0.1, -0.05) is 0 Å². The predicted octanol–water partition coefficient (Wildman–Crippen LogP) is -0.491. The average Bonchev–Trinajstić information content (AvgIpc) is 2.50. The molecule has 4 N–H and O–H groups in total. The van der Waals surface area contributed by atoms with Gasteiger partial charge in [0.05, 0.1) is 6.04 Å². The molecule has 0 spiro atoms. The molecule has 0 radical (unpaired) electrons. The fourth-order valence-electron chi connectivity index (χ4n) is 1.81. The van der Waals surface area contributed by atoms with E-state index in [9.17, 15) is 9.59 Å². The molecule has 1 saturated heterocycles. The molecule has 0 aromatic rings. The Hall–Kier alpha value is -1.10. The van der Waals surface area contributed by atoms with Crippen LogP contribution in [0.2, 0.25) is 0 Å². The molecular formula is C10H19N3O2. The van der Waals surface area contributed by atoms with Crippen LogP contribution in [0.25, 0.3) is 0 Å². The average molecular weight is 213 g/mol. The van der Waals surface area contributed by atoms with E-state index >= 15 is 0 Å². The molecule has 0 aromatic carbocycles. The smallest absolute Gasteiger partial charge is 0.237 e. The van der Waals surface area contributed by atoms with Crippen molar-refractivity contribution in [2.45, 2.75) is 44.7 Å². The Morgan fingerprint density at radius 3 is 2.67 bits per heavy atom. The summed E-state index contributed by atoms with van der Waals surface area (Å²) in [5, 5.41) is 5.93. The van der Waals surface area contributed by atoms with E-state index in [-0.39, 0.29) is 18.4 Å². The van der Waals surface area contributed by atoms with Crippen LogP contribution in [0.5, 0.6) is 0 Å². The third kappa shape index (κ3) is 3.87. The summed E-state index contributed by atoms with van der Waals surface area (Å²) in [5.41, 5.74) is 4.54. The van der Waals surface area contributed by atoms with E-state index in [4.69, 9.17) is 5.73 Å². The summed E-state index contributed by atoms with van der Waals surface area (Å²) >= 11 is 0. The van der Waals surface area contributed by atoms with E-state index in [1.807, 2.05) is 0 Å². The lowest BCUT2D eigenvalue weighted by molar-refractivity contribution is -0.125. The second kappa shape index (κ2) is 4.61. The summed E-state index contributed by atoms with van der Waals surface area (Å²) in [6.07, 6.45) is 2.04. The van der Waals surface area contributed by atoms with Crippen molar-refractivity contribution in [2.24, 2.45) is 5.73 Å². The number of carbonyl (C=O) groups is 2. The van der Waals surface area contributed by atoms with Gasteiger partial charge in [0.25, 0.3) is 0 Å². The Morgan fingerprint density at radius 1 is 1.53 bits per heavy atom. The quantitative estimate of drug-likeness (QED) is 0.589. The van der Waals surface area contributed by atoms with Crippen LogP contribution in [0, 0.1) is 0 Å². The van der Waals surface area contributed by atoms with E-state index in [0.717, 1.165) is 19.4 Å². The molecular weight excluding hydrogens is 194 g/mol. The minimum absolute atomic E-state index is 0.0428. The van der Waals surface area contributed by atoms with Crippen LogP contribution in [-0.2, 0) is 9.59 Å². The maximum atomic E-state index is 11.7. The Kier molecular flexibility index (Phi) is 3.68. The van der Waals surface area contributed by atoms with E-state index in [2.05, 4.69) is 10.6 Å². The van der Waals surface area contributed by atoms with Crippen LogP contribution in [0.1, 0.15) is 33.1 Å². The third-order valence-corrected chi connectivity index (χ3v) is 2.45. The molecule has 1 fully saturated rings. The van der Waals surface area contributed by atoms with Gasteiger partial charge in [-0.2, -0.15) is 0 Å². The minimum Gasteiger partial charge on any atom is -0.370 e. The predicted molar refractivity (Wildman–Crippen MR) is 57.1 cm³/mol. The summed E-state index contributed by atoms with van der Waals surface area (Å²) in [6.45, 7) is 4.48. The number of primary amides is 1. The first-order chi connectivity index (χ1) is 6.91. The van der Waals surface area contributed by atoms with Gasteiger partial charge in [-0.15, -0.1) is 0 Å². The van der Waals surface area contributed by atoms with Crippen molar-refractivity contribution in [1.82, 2.24) is 10.6 Å². The first-order valence-corrected chi connectivity index (χ1v) is 5.24. The maximum absolute atomic E-state index is 11.7. The molecule has 1 heterocycles. The molecule has 0 aliphatic carbocycles. The second-order valence-electron chi connectivity index (χ2n) is 4.67. The van der Waals surface area contributed by atoms with Gasteiger partial charge >= 0.3 is 0 Å².